The van der Waals surface area contributed by atoms with E-state index >= 15 is 0 Å². The van der Waals surface area contributed by atoms with Crippen LogP contribution in [-0.2, 0) is 5.41 Å². The molecule has 2 fully saturated rings. The molecule has 2 heterocycles. The molecule has 0 aromatic heterocycles. The molecule has 22 heavy (non-hydrogen) atoms. The molecule has 2 aliphatic heterocycles. The van der Waals surface area contributed by atoms with E-state index in [1.807, 2.05) is 12.1 Å². The van der Waals surface area contributed by atoms with E-state index in [0.29, 0.717) is 0 Å². The summed E-state index contributed by atoms with van der Waals surface area (Å²) in [4.78, 5) is 15.2. The molecule has 0 radical (unpaired) electrons. The maximum absolute atomic E-state index is 13.0. The highest BCUT2D eigenvalue weighted by molar-refractivity contribution is 5.95. The molecule has 1 aromatic carbocycles. The first-order valence-electron chi connectivity index (χ1n) is 8.56. The second-order valence-corrected chi connectivity index (χ2v) is 7.86. The highest BCUT2D eigenvalue weighted by atomic mass is 16.2. The van der Waals surface area contributed by atoms with Gasteiger partial charge in [0.25, 0.3) is 5.91 Å². The lowest BCUT2D eigenvalue weighted by atomic mass is 9.85. The SMILES string of the molecule is CC(C)(C)c1ccc(C(=O)N2CCCC23CCNCC3)cc1. The molecule has 3 rings (SSSR count). The number of carbonyl (C=O) groups excluding carboxylic acids is 1. The number of amides is 1. The van der Waals surface area contributed by atoms with Crippen LogP contribution in [0.15, 0.2) is 24.3 Å². The number of nitrogens with one attached hydrogen (secondary N) is 1. The highest BCUT2D eigenvalue weighted by Crippen LogP contribution is 2.37. The Kier molecular flexibility index (Phi) is 4.02. The minimum absolute atomic E-state index is 0.116. The van der Waals surface area contributed by atoms with E-state index < -0.39 is 0 Å². The van der Waals surface area contributed by atoms with E-state index in [1.165, 1.54) is 12.0 Å². The van der Waals surface area contributed by atoms with E-state index in [-0.39, 0.29) is 16.9 Å². The molecular formula is C19H28N2O. The first kappa shape index (κ1) is 15.5. The molecule has 3 heteroatoms. The number of carbonyl (C=O) groups is 1. The summed E-state index contributed by atoms with van der Waals surface area (Å²) >= 11 is 0. The fraction of sp³-hybridized carbons (Fsp3) is 0.632. The molecular weight excluding hydrogens is 272 g/mol. The van der Waals surface area contributed by atoms with Crippen molar-refractivity contribution in [1.29, 1.82) is 0 Å². The Labute approximate surface area is 134 Å². The zero-order chi connectivity index (χ0) is 15.8. The lowest BCUT2D eigenvalue weighted by Gasteiger charge is -2.42. The molecule has 1 N–H and O–H groups in total. The van der Waals surface area contributed by atoms with Gasteiger partial charge in [-0.1, -0.05) is 32.9 Å². The van der Waals surface area contributed by atoms with Gasteiger partial charge in [0.15, 0.2) is 0 Å². The van der Waals surface area contributed by atoms with Crippen molar-refractivity contribution >= 4 is 5.91 Å². The average molecular weight is 300 g/mol. The number of rotatable bonds is 1. The Morgan fingerprint density at radius 2 is 1.73 bits per heavy atom. The van der Waals surface area contributed by atoms with Crippen LogP contribution in [0, 0.1) is 0 Å². The van der Waals surface area contributed by atoms with Crippen LogP contribution in [0.4, 0.5) is 0 Å². The summed E-state index contributed by atoms with van der Waals surface area (Å²) in [6.45, 7) is 9.59. The predicted octanol–water partition coefficient (Wildman–Crippen LogP) is 3.34. The molecule has 3 nitrogen and oxygen atoms in total. The van der Waals surface area contributed by atoms with Crippen molar-refractivity contribution in [2.45, 2.75) is 57.4 Å². The smallest absolute Gasteiger partial charge is 0.254 e. The van der Waals surface area contributed by atoms with Crippen molar-refractivity contribution in [3.63, 3.8) is 0 Å². The predicted molar refractivity (Wildman–Crippen MR) is 90.2 cm³/mol. The summed E-state index contributed by atoms with van der Waals surface area (Å²) in [5, 5.41) is 3.42. The summed E-state index contributed by atoms with van der Waals surface area (Å²) in [7, 11) is 0. The Hall–Kier alpha value is -1.35. The van der Waals surface area contributed by atoms with E-state index in [2.05, 4.69) is 43.1 Å². The maximum atomic E-state index is 13.0. The number of likely N-dealkylation sites (tertiary alicyclic amines) is 1. The summed E-state index contributed by atoms with van der Waals surface area (Å²) in [5.74, 6) is 0.222. The topological polar surface area (TPSA) is 32.3 Å². The van der Waals surface area contributed by atoms with E-state index in [0.717, 1.165) is 44.5 Å². The van der Waals surface area contributed by atoms with Gasteiger partial charge in [0.2, 0.25) is 0 Å². The Balaban J connectivity index is 1.81. The minimum atomic E-state index is 0.116. The third-order valence-corrected chi connectivity index (χ3v) is 5.37. The van der Waals surface area contributed by atoms with Gasteiger partial charge in [-0.2, -0.15) is 0 Å². The van der Waals surface area contributed by atoms with E-state index in [9.17, 15) is 4.79 Å². The molecule has 2 saturated heterocycles. The van der Waals surface area contributed by atoms with Crippen LogP contribution in [-0.4, -0.2) is 36.0 Å². The molecule has 1 aromatic rings. The standard InChI is InChI=1S/C19H28N2O/c1-18(2,3)16-7-5-15(6-8-16)17(22)21-14-4-9-19(21)10-12-20-13-11-19/h5-8,20H,4,9-14H2,1-3H3. The number of benzene rings is 1. The third-order valence-electron chi connectivity index (χ3n) is 5.37. The summed E-state index contributed by atoms with van der Waals surface area (Å²) in [6, 6.07) is 8.24. The van der Waals surface area contributed by atoms with Crippen molar-refractivity contribution in [3.05, 3.63) is 35.4 Å². The lowest BCUT2D eigenvalue weighted by Crippen LogP contribution is -2.53. The monoisotopic (exact) mass is 300 g/mol. The molecule has 1 spiro atoms. The maximum Gasteiger partial charge on any atom is 0.254 e. The van der Waals surface area contributed by atoms with E-state index in [1.54, 1.807) is 0 Å². The third kappa shape index (κ3) is 2.79. The number of hydrogen-bond acceptors (Lipinski definition) is 2. The van der Waals surface area contributed by atoms with Gasteiger partial charge in [-0.15, -0.1) is 0 Å². The Bertz CT molecular complexity index is 536. The Morgan fingerprint density at radius 1 is 1.09 bits per heavy atom. The zero-order valence-electron chi connectivity index (χ0n) is 14.1. The largest absolute Gasteiger partial charge is 0.333 e. The van der Waals surface area contributed by atoms with Crippen molar-refractivity contribution in [1.82, 2.24) is 10.2 Å². The van der Waals surface area contributed by atoms with Crippen LogP contribution in [0.2, 0.25) is 0 Å². The molecule has 0 saturated carbocycles. The van der Waals surface area contributed by atoms with Crippen molar-refractivity contribution in [2.24, 2.45) is 0 Å². The van der Waals surface area contributed by atoms with Gasteiger partial charge in [-0.25, -0.2) is 0 Å². The van der Waals surface area contributed by atoms with Gasteiger partial charge >= 0.3 is 0 Å². The van der Waals surface area contributed by atoms with Crippen molar-refractivity contribution < 1.29 is 4.79 Å². The molecule has 0 atom stereocenters. The molecule has 0 aliphatic carbocycles. The quantitative estimate of drug-likeness (QED) is 0.862. The summed E-state index contributed by atoms with van der Waals surface area (Å²) < 4.78 is 0. The van der Waals surface area contributed by atoms with Crippen LogP contribution in [0.5, 0.6) is 0 Å². The van der Waals surface area contributed by atoms with Crippen molar-refractivity contribution in [3.8, 4) is 0 Å². The van der Waals surface area contributed by atoms with Gasteiger partial charge in [-0.05, 0) is 61.9 Å². The van der Waals surface area contributed by atoms with Crippen LogP contribution in [0.3, 0.4) is 0 Å². The zero-order valence-corrected chi connectivity index (χ0v) is 14.1. The molecule has 0 bridgehead atoms. The highest BCUT2D eigenvalue weighted by Gasteiger charge is 2.44. The minimum Gasteiger partial charge on any atom is -0.333 e. The van der Waals surface area contributed by atoms with Gasteiger partial charge in [0.05, 0.1) is 0 Å². The molecule has 0 unspecified atom stereocenters. The normalized spacial score (nSPS) is 21.3. The van der Waals surface area contributed by atoms with Gasteiger partial charge < -0.3 is 10.2 Å². The average Bonchev–Trinajstić information content (AvgIpc) is 2.89. The second kappa shape index (κ2) is 5.69. The van der Waals surface area contributed by atoms with Crippen molar-refractivity contribution in [2.75, 3.05) is 19.6 Å². The van der Waals surface area contributed by atoms with Crippen LogP contribution in [0.25, 0.3) is 0 Å². The molecule has 1 amide bonds. The first-order chi connectivity index (χ1) is 10.4. The number of nitrogens with zero attached hydrogens (tertiary/aromatic N) is 1. The fourth-order valence-electron chi connectivity index (χ4n) is 3.94. The van der Waals surface area contributed by atoms with Crippen LogP contribution < -0.4 is 5.32 Å². The Morgan fingerprint density at radius 3 is 2.32 bits per heavy atom. The fourth-order valence-corrected chi connectivity index (χ4v) is 3.94. The van der Waals surface area contributed by atoms with Gasteiger partial charge in [-0.3, -0.25) is 4.79 Å². The first-order valence-corrected chi connectivity index (χ1v) is 8.56. The van der Waals surface area contributed by atoms with Crippen LogP contribution in [0.1, 0.15) is 62.4 Å². The second-order valence-electron chi connectivity index (χ2n) is 7.86. The number of piperidine rings is 1. The number of hydrogen-bond donors (Lipinski definition) is 1. The van der Waals surface area contributed by atoms with Crippen LogP contribution >= 0.6 is 0 Å². The van der Waals surface area contributed by atoms with E-state index in [4.69, 9.17) is 0 Å². The lowest BCUT2D eigenvalue weighted by molar-refractivity contribution is 0.0519. The molecule has 120 valence electrons. The summed E-state index contributed by atoms with van der Waals surface area (Å²) in [6.07, 6.45) is 4.50. The molecule has 2 aliphatic rings. The van der Waals surface area contributed by atoms with Gasteiger partial charge in [0, 0.05) is 17.6 Å². The summed E-state index contributed by atoms with van der Waals surface area (Å²) in [5.41, 5.74) is 2.37. The van der Waals surface area contributed by atoms with Gasteiger partial charge in [0.1, 0.15) is 0 Å².